The molecule has 0 bridgehead atoms. The van der Waals surface area contributed by atoms with Gasteiger partial charge in [-0.2, -0.15) is 0 Å². The summed E-state index contributed by atoms with van der Waals surface area (Å²) < 4.78 is 0. The summed E-state index contributed by atoms with van der Waals surface area (Å²) in [7, 11) is 4.39. The standard InChI is InChI=1S/C16H33N3/c1-13-11-18(5)8-9-19(13)12-14-10-16(2,3)7-6-15(14)17-4/h13-15,17H,6-12H2,1-5H3. The van der Waals surface area contributed by atoms with Gasteiger partial charge in [-0.15, -0.1) is 0 Å². The second-order valence-electron chi connectivity index (χ2n) is 7.67. The Morgan fingerprint density at radius 2 is 2.00 bits per heavy atom. The van der Waals surface area contributed by atoms with Crippen LogP contribution in [-0.2, 0) is 0 Å². The molecule has 3 atom stereocenters. The van der Waals surface area contributed by atoms with E-state index in [-0.39, 0.29) is 0 Å². The van der Waals surface area contributed by atoms with Gasteiger partial charge < -0.3 is 10.2 Å². The van der Waals surface area contributed by atoms with Crippen molar-refractivity contribution in [2.24, 2.45) is 11.3 Å². The molecule has 3 heteroatoms. The van der Waals surface area contributed by atoms with Gasteiger partial charge in [-0.3, -0.25) is 4.90 Å². The maximum atomic E-state index is 3.57. The molecule has 2 aliphatic rings. The number of nitrogens with zero attached hydrogens (tertiary/aromatic N) is 2. The number of nitrogens with one attached hydrogen (secondary N) is 1. The molecule has 2 rings (SSSR count). The smallest absolute Gasteiger partial charge is 0.0195 e. The minimum absolute atomic E-state index is 0.536. The lowest BCUT2D eigenvalue weighted by atomic mass is 9.69. The van der Waals surface area contributed by atoms with Crippen LogP contribution in [0.15, 0.2) is 0 Å². The fourth-order valence-electron chi connectivity index (χ4n) is 4.06. The molecule has 2 fully saturated rings. The van der Waals surface area contributed by atoms with E-state index in [1.807, 2.05) is 0 Å². The first kappa shape index (κ1) is 15.3. The fourth-order valence-corrected chi connectivity index (χ4v) is 4.06. The second kappa shape index (κ2) is 6.11. The van der Waals surface area contributed by atoms with Gasteiger partial charge >= 0.3 is 0 Å². The second-order valence-corrected chi connectivity index (χ2v) is 7.67. The number of piperazine rings is 1. The highest BCUT2D eigenvalue weighted by Crippen LogP contribution is 2.39. The third-order valence-electron chi connectivity index (χ3n) is 5.32. The Hall–Kier alpha value is -0.120. The van der Waals surface area contributed by atoms with Crippen LogP contribution in [-0.4, -0.2) is 62.2 Å². The summed E-state index contributed by atoms with van der Waals surface area (Å²) in [5.41, 5.74) is 0.536. The minimum atomic E-state index is 0.536. The third-order valence-corrected chi connectivity index (χ3v) is 5.32. The highest BCUT2D eigenvalue weighted by atomic mass is 15.3. The molecule has 1 saturated carbocycles. The van der Waals surface area contributed by atoms with Gasteiger partial charge in [0.2, 0.25) is 0 Å². The molecule has 0 amide bonds. The van der Waals surface area contributed by atoms with Crippen LogP contribution in [0.2, 0.25) is 0 Å². The Labute approximate surface area is 119 Å². The van der Waals surface area contributed by atoms with Crippen molar-refractivity contribution in [3.8, 4) is 0 Å². The van der Waals surface area contributed by atoms with Crippen molar-refractivity contribution in [3.63, 3.8) is 0 Å². The van der Waals surface area contributed by atoms with Crippen LogP contribution in [0.4, 0.5) is 0 Å². The zero-order valence-corrected chi connectivity index (χ0v) is 13.6. The molecule has 3 nitrogen and oxygen atoms in total. The summed E-state index contributed by atoms with van der Waals surface area (Å²) in [4.78, 5) is 5.18. The number of hydrogen-bond donors (Lipinski definition) is 1. The predicted octanol–water partition coefficient (Wildman–Crippen LogP) is 2.04. The molecule has 1 aliphatic carbocycles. The molecule has 0 aromatic heterocycles. The lowest BCUT2D eigenvalue weighted by Gasteiger charge is -2.45. The number of likely N-dealkylation sites (N-methyl/N-ethyl adjacent to an activating group) is 1. The van der Waals surface area contributed by atoms with E-state index >= 15 is 0 Å². The molecule has 1 N–H and O–H groups in total. The average Bonchev–Trinajstić information content (AvgIpc) is 2.32. The van der Waals surface area contributed by atoms with Crippen LogP contribution in [0.3, 0.4) is 0 Å². The van der Waals surface area contributed by atoms with Crippen LogP contribution in [0, 0.1) is 11.3 Å². The highest BCUT2D eigenvalue weighted by Gasteiger charge is 2.36. The van der Waals surface area contributed by atoms with Crippen molar-refractivity contribution >= 4 is 0 Å². The van der Waals surface area contributed by atoms with E-state index in [1.165, 1.54) is 45.4 Å². The third kappa shape index (κ3) is 3.93. The van der Waals surface area contributed by atoms with Crippen LogP contribution in [0.5, 0.6) is 0 Å². The van der Waals surface area contributed by atoms with E-state index in [0.717, 1.165) is 12.0 Å². The van der Waals surface area contributed by atoms with Crippen LogP contribution in [0.1, 0.15) is 40.0 Å². The molecule has 19 heavy (non-hydrogen) atoms. The van der Waals surface area contributed by atoms with Gasteiger partial charge in [0.25, 0.3) is 0 Å². The van der Waals surface area contributed by atoms with E-state index in [1.54, 1.807) is 0 Å². The fraction of sp³-hybridized carbons (Fsp3) is 1.00. The van der Waals surface area contributed by atoms with E-state index in [9.17, 15) is 0 Å². The van der Waals surface area contributed by atoms with Crippen LogP contribution < -0.4 is 5.32 Å². The van der Waals surface area contributed by atoms with Gasteiger partial charge in [-0.1, -0.05) is 13.8 Å². The summed E-state index contributed by atoms with van der Waals surface area (Å²) in [5, 5.41) is 3.57. The van der Waals surface area contributed by atoms with Crippen molar-refractivity contribution in [2.45, 2.75) is 52.1 Å². The molecular weight excluding hydrogens is 234 g/mol. The summed E-state index contributed by atoms with van der Waals surface area (Å²) in [5.74, 6) is 0.819. The van der Waals surface area contributed by atoms with E-state index < -0.39 is 0 Å². The van der Waals surface area contributed by atoms with Gasteiger partial charge in [0, 0.05) is 38.3 Å². The largest absolute Gasteiger partial charge is 0.317 e. The van der Waals surface area contributed by atoms with Crippen LogP contribution >= 0.6 is 0 Å². The Kier molecular flexibility index (Phi) is 4.91. The van der Waals surface area contributed by atoms with Crippen molar-refractivity contribution in [3.05, 3.63) is 0 Å². The highest BCUT2D eigenvalue weighted by molar-refractivity contribution is 4.91. The zero-order chi connectivity index (χ0) is 14.0. The van der Waals surface area contributed by atoms with Gasteiger partial charge in [-0.05, 0) is 51.6 Å². The lowest BCUT2D eigenvalue weighted by molar-refractivity contribution is 0.0493. The van der Waals surface area contributed by atoms with Gasteiger partial charge in [0.15, 0.2) is 0 Å². The summed E-state index contributed by atoms with van der Waals surface area (Å²) in [6.45, 7) is 12.2. The minimum Gasteiger partial charge on any atom is -0.317 e. The monoisotopic (exact) mass is 267 g/mol. The Morgan fingerprint density at radius 3 is 2.63 bits per heavy atom. The number of hydrogen-bond acceptors (Lipinski definition) is 3. The molecule has 3 unspecified atom stereocenters. The first-order valence-electron chi connectivity index (χ1n) is 8.01. The molecule has 0 spiro atoms. The van der Waals surface area contributed by atoms with Gasteiger partial charge in [0.1, 0.15) is 0 Å². The Balaban J connectivity index is 1.95. The van der Waals surface area contributed by atoms with Crippen LogP contribution in [0.25, 0.3) is 0 Å². The normalized spacial score (nSPS) is 37.4. The Morgan fingerprint density at radius 1 is 1.26 bits per heavy atom. The molecular formula is C16H33N3. The van der Waals surface area contributed by atoms with E-state index in [4.69, 9.17) is 0 Å². The molecule has 0 radical (unpaired) electrons. The molecule has 1 heterocycles. The van der Waals surface area contributed by atoms with E-state index in [0.29, 0.717) is 11.5 Å². The van der Waals surface area contributed by atoms with E-state index in [2.05, 4.69) is 50.0 Å². The van der Waals surface area contributed by atoms with Crippen molar-refractivity contribution in [1.29, 1.82) is 0 Å². The van der Waals surface area contributed by atoms with Crippen molar-refractivity contribution in [2.75, 3.05) is 40.3 Å². The molecule has 1 aliphatic heterocycles. The Bertz CT molecular complexity index is 290. The molecule has 112 valence electrons. The zero-order valence-electron chi connectivity index (χ0n) is 13.6. The number of rotatable bonds is 3. The molecule has 0 aromatic rings. The quantitative estimate of drug-likeness (QED) is 0.844. The van der Waals surface area contributed by atoms with Gasteiger partial charge in [-0.25, -0.2) is 0 Å². The topological polar surface area (TPSA) is 18.5 Å². The lowest BCUT2D eigenvalue weighted by Crippen LogP contribution is -2.54. The van der Waals surface area contributed by atoms with Gasteiger partial charge in [0.05, 0.1) is 0 Å². The van der Waals surface area contributed by atoms with Crippen molar-refractivity contribution in [1.82, 2.24) is 15.1 Å². The summed E-state index contributed by atoms with van der Waals surface area (Å²) >= 11 is 0. The molecule has 1 saturated heterocycles. The summed E-state index contributed by atoms with van der Waals surface area (Å²) in [6.07, 6.45) is 4.08. The maximum absolute atomic E-state index is 3.57. The molecule has 0 aromatic carbocycles. The average molecular weight is 267 g/mol. The van der Waals surface area contributed by atoms with Crippen molar-refractivity contribution < 1.29 is 0 Å². The SMILES string of the molecule is CNC1CCC(C)(C)CC1CN1CCN(C)CC1C. The first-order valence-corrected chi connectivity index (χ1v) is 8.01. The predicted molar refractivity (Wildman–Crippen MR) is 82.5 cm³/mol. The maximum Gasteiger partial charge on any atom is 0.0195 e. The summed E-state index contributed by atoms with van der Waals surface area (Å²) in [6, 6.07) is 1.43. The first-order chi connectivity index (χ1) is 8.91.